The molecule has 2 aliphatic heterocycles. The number of rotatable bonds is 6. The fraction of sp³-hybridized carbons (Fsp3) is 0.240. The van der Waals surface area contributed by atoms with Crippen molar-refractivity contribution < 1.29 is 14.1 Å². The molecule has 0 bridgehead atoms. The number of hydrogen-bond donors (Lipinski definition) is 1. The lowest BCUT2D eigenvalue weighted by Crippen LogP contribution is -2.50. The zero-order chi connectivity index (χ0) is 24.5. The third kappa shape index (κ3) is 4.32. The number of nitro groups is 1. The van der Waals surface area contributed by atoms with E-state index in [1.54, 1.807) is 18.0 Å². The van der Waals surface area contributed by atoms with E-state index in [1.165, 1.54) is 23.9 Å². The molecule has 1 N–H and O–H groups in total. The van der Waals surface area contributed by atoms with Crippen molar-refractivity contribution in [2.45, 2.75) is 32.9 Å². The molecule has 0 saturated carbocycles. The summed E-state index contributed by atoms with van der Waals surface area (Å²) in [4.78, 5) is 28.7. The van der Waals surface area contributed by atoms with Gasteiger partial charge in [-0.05, 0) is 43.2 Å². The van der Waals surface area contributed by atoms with E-state index in [0.717, 1.165) is 29.7 Å². The number of amides is 1. The van der Waals surface area contributed by atoms with Crippen LogP contribution in [0.15, 0.2) is 69.1 Å². The van der Waals surface area contributed by atoms with E-state index in [-0.39, 0.29) is 11.6 Å². The molecule has 0 fully saturated rings. The van der Waals surface area contributed by atoms with E-state index < -0.39 is 11.1 Å². The number of nitrogens with one attached hydrogen (secondary N) is 1. The second kappa shape index (κ2) is 9.38. The van der Waals surface area contributed by atoms with Gasteiger partial charge in [0.1, 0.15) is 11.5 Å². The number of furan rings is 1. The molecular formula is C25H23N5O4S. The molecule has 10 heteroatoms. The highest BCUT2D eigenvalue weighted by Gasteiger charge is 2.36. The van der Waals surface area contributed by atoms with Gasteiger partial charge in [-0.2, -0.15) is 0 Å². The second-order valence-corrected chi connectivity index (χ2v) is 9.32. The summed E-state index contributed by atoms with van der Waals surface area (Å²) >= 11 is 1.50. The highest BCUT2D eigenvalue weighted by atomic mass is 32.2. The van der Waals surface area contributed by atoms with Gasteiger partial charge in [-0.15, -0.1) is 5.10 Å². The number of thioether (sulfide) groups is 1. The van der Waals surface area contributed by atoms with Crippen molar-refractivity contribution in [3.05, 3.63) is 86.6 Å². The normalized spacial score (nSPS) is 16.7. The van der Waals surface area contributed by atoms with Crippen LogP contribution in [-0.2, 0) is 4.79 Å². The number of hydrazone groups is 1. The number of unbranched alkanes of at least 4 members (excludes halogenated alkanes) is 1. The maximum atomic E-state index is 13.2. The molecule has 1 atom stereocenters. The molecule has 0 unspecified atom stereocenters. The van der Waals surface area contributed by atoms with Crippen molar-refractivity contribution in [1.82, 2.24) is 10.3 Å². The highest BCUT2D eigenvalue weighted by Crippen LogP contribution is 2.35. The fourth-order valence-electron chi connectivity index (χ4n) is 4.07. The Balaban J connectivity index is 1.56. The first-order valence-electron chi connectivity index (χ1n) is 11.3. The van der Waals surface area contributed by atoms with Crippen molar-refractivity contribution in [3.8, 4) is 11.3 Å². The number of para-hydroxylation sites is 1. The predicted molar refractivity (Wildman–Crippen MR) is 134 cm³/mol. The molecule has 178 valence electrons. The summed E-state index contributed by atoms with van der Waals surface area (Å²) in [6, 6.07) is 15.7. The summed E-state index contributed by atoms with van der Waals surface area (Å²) in [6.07, 6.45) is 1.40. The number of aryl methyl sites for hydroxylation is 1. The molecule has 0 aliphatic carbocycles. The van der Waals surface area contributed by atoms with E-state index >= 15 is 0 Å². The van der Waals surface area contributed by atoms with Crippen LogP contribution in [0.5, 0.6) is 0 Å². The fourth-order valence-corrected chi connectivity index (χ4v) is 5.00. The van der Waals surface area contributed by atoms with Gasteiger partial charge in [0.05, 0.1) is 10.3 Å². The number of nitro benzene ring substituents is 1. The third-order valence-corrected chi connectivity index (χ3v) is 6.77. The summed E-state index contributed by atoms with van der Waals surface area (Å²) in [5.41, 5.74) is 1.92. The molecule has 5 rings (SSSR count). The van der Waals surface area contributed by atoms with Crippen LogP contribution in [0, 0.1) is 17.0 Å². The molecule has 35 heavy (non-hydrogen) atoms. The first-order valence-corrected chi connectivity index (χ1v) is 12.3. The Labute approximate surface area is 205 Å². The average Bonchev–Trinajstić information content (AvgIpc) is 3.33. The molecule has 1 aromatic heterocycles. The Morgan fingerprint density at radius 1 is 1.20 bits per heavy atom. The minimum Gasteiger partial charge on any atom is -0.457 e. The molecular weight excluding hydrogens is 466 g/mol. The summed E-state index contributed by atoms with van der Waals surface area (Å²) in [6.45, 7) is 3.92. The monoisotopic (exact) mass is 489 g/mol. The number of carbonyl (C=O) groups is 1. The maximum absolute atomic E-state index is 13.2. The Kier molecular flexibility index (Phi) is 6.12. The van der Waals surface area contributed by atoms with Crippen molar-refractivity contribution >= 4 is 34.2 Å². The Bertz CT molecular complexity index is 1480. The molecule has 2 aromatic carbocycles. The topological polar surface area (TPSA) is 113 Å². The van der Waals surface area contributed by atoms with E-state index in [2.05, 4.69) is 12.2 Å². The maximum Gasteiger partial charge on any atom is 0.276 e. The minimum absolute atomic E-state index is 0.0259. The summed E-state index contributed by atoms with van der Waals surface area (Å²) in [5, 5.41) is 22.3. The van der Waals surface area contributed by atoms with Crippen molar-refractivity contribution in [1.29, 1.82) is 0 Å². The lowest BCUT2D eigenvalue weighted by atomic mass is 10.1. The highest BCUT2D eigenvalue weighted by molar-refractivity contribution is 8.13. The number of amidine groups is 1. The second-order valence-electron chi connectivity index (χ2n) is 8.23. The van der Waals surface area contributed by atoms with Crippen LogP contribution in [0.2, 0.25) is 0 Å². The molecule has 0 saturated heterocycles. The van der Waals surface area contributed by atoms with Gasteiger partial charge in [0.2, 0.25) is 6.17 Å². The van der Waals surface area contributed by atoms with Crippen molar-refractivity contribution in [2.24, 2.45) is 10.1 Å². The van der Waals surface area contributed by atoms with Crippen LogP contribution < -0.4 is 15.9 Å². The Morgan fingerprint density at radius 3 is 2.80 bits per heavy atom. The predicted octanol–water partition coefficient (Wildman–Crippen LogP) is 3.84. The smallest absolute Gasteiger partial charge is 0.276 e. The van der Waals surface area contributed by atoms with Crippen LogP contribution >= 0.6 is 11.8 Å². The summed E-state index contributed by atoms with van der Waals surface area (Å²) in [7, 11) is 0. The van der Waals surface area contributed by atoms with Crippen LogP contribution in [0.1, 0.15) is 37.3 Å². The minimum atomic E-state index is -0.667. The van der Waals surface area contributed by atoms with Crippen LogP contribution in [-0.4, -0.2) is 26.8 Å². The van der Waals surface area contributed by atoms with E-state index in [4.69, 9.17) is 14.5 Å². The van der Waals surface area contributed by atoms with E-state index in [1.807, 2.05) is 36.4 Å². The van der Waals surface area contributed by atoms with Crippen molar-refractivity contribution in [2.75, 3.05) is 5.75 Å². The number of non-ortho nitro benzene ring substituents is 1. The first-order chi connectivity index (χ1) is 17.0. The zero-order valence-electron chi connectivity index (χ0n) is 19.2. The molecule has 3 heterocycles. The summed E-state index contributed by atoms with van der Waals surface area (Å²) < 4.78 is 6.20. The van der Waals surface area contributed by atoms with Crippen LogP contribution in [0.3, 0.4) is 0 Å². The van der Waals surface area contributed by atoms with E-state index in [0.29, 0.717) is 33.0 Å². The first kappa shape index (κ1) is 22.9. The van der Waals surface area contributed by atoms with Gasteiger partial charge >= 0.3 is 0 Å². The zero-order valence-corrected chi connectivity index (χ0v) is 20.0. The van der Waals surface area contributed by atoms with Crippen LogP contribution in [0.4, 0.5) is 5.69 Å². The molecule has 0 radical (unpaired) electrons. The SMILES string of the molecule is CCCCSC1=NN2C(=c3ccccc3=N[C@@H]2c2ccc(-c3ccc([N+](=O)[O-])cc3C)o2)C(=O)N1. The molecule has 1 amide bonds. The summed E-state index contributed by atoms with van der Waals surface area (Å²) in [5.74, 6) is 1.69. The number of benzene rings is 2. The number of fused-ring (bicyclic) bond motifs is 2. The Hall–Kier alpha value is -3.92. The van der Waals surface area contributed by atoms with Gasteiger partial charge < -0.3 is 4.42 Å². The molecule has 0 spiro atoms. The molecule has 3 aromatic rings. The number of nitrogens with zero attached hydrogens (tertiary/aromatic N) is 4. The third-order valence-electron chi connectivity index (χ3n) is 5.82. The standard InChI is InChI=1S/C25H23N5O4S/c1-3-4-13-35-25-27-24(31)22-18-7-5-6-8-19(18)26-23(29(22)28-25)21-12-11-20(34-21)17-10-9-16(30(32)33)14-15(17)2/h5-12,14,23H,3-4,13H2,1-2H3,(H,27,28,31)/t23-/m0/s1. The number of hydrogen-bond acceptors (Lipinski definition) is 8. The van der Waals surface area contributed by atoms with E-state index in [9.17, 15) is 14.9 Å². The Morgan fingerprint density at radius 2 is 2.03 bits per heavy atom. The lowest BCUT2D eigenvalue weighted by molar-refractivity contribution is -0.384. The van der Waals surface area contributed by atoms with Gasteiger partial charge in [0.25, 0.3) is 11.6 Å². The lowest BCUT2D eigenvalue weighted by Gasteiger charge is -2.32. The van der Waals surface area contributed by atoms with Crippen LogP contribution in [0.25, 0.3) is 17.0 Å². The largest absolute Gasteiger partial charge is 0.457 e. The van der Waals surface area contributed by atoms with Gasteiger partial charge in [0.15, 0.2) is 10.9 Å². The molecule has 2 aliphatic rings. The quantitative estimate of drug-likeness (QED) is 0.320. The number of carbonyl (C=O) groups excluding carboxylic acids is 1. The van der Waals surface area contributed by atoms with Gasteiger partial charge in [-0.3, -0.25) is 20.2 Å². The average molecular weight is 490 g/mol. The van der Waals surface area contributed by atoms with Gasteiger partial charge in [-0.25, -0.2) is 10.0 Å². The van der Waals surface area contributed by atoms with Crippen molar-refractivity contribution in [3.63, 3.8) is 0 Å². The van der Waals surface area contributed by atoms with Gasteiger partial charge in [0, 0.05) is 28.7 Å². The van der Waals surface area contributed by atoms with Gasteiger partial charge in [-0.1, -0.05) is 43.3 Å². The molecule has 9 nitrogen and oxygen atoms in total.